The summed E-state index contributed by atoms with van der Waals surface area (Å²) in [6.45, 7) is -0.186. The number of amides is 1. The molecule has 0 radical (unpaired) electrons. The molecule has 168 valence electrons. The van der Waals surface area contributed by atoms with E-state index in [0.717, 1.165) is 0 Å². The summed E-state index contributed by atoms with van der Waals surface area (Å²) in [5.41, 5.74) is 0.841. The number of nitrogens with two attached hydrogens (primary N) is 1. The number of benzene rings is 3. The molecule has 0 fully saturated rings. The number of hydrogen-bond donors (Lipinski definition) is 3. The Hall–Kier alpha value is -2.82. The maximum Gasteiger partial charge on any atom is 0.259 e. The fourth-order valence-corrected chi connectivity index (χ4v) is 3.63. The summed E-state index contributed by atoms with van der Waals surface area (Å²) in [5, 5.41) is 17.3. The van der Waals surface area contributed by atoms with E-state index in [-0.39, 0.29) is 44.3 Å². The number of rotatable bonds is 7. The average molecular weight is 497 g/mol. The molecular weight excluding hydrogens is 479 g/mol. The summed E-state index contributed by atoms with van der Waals surface area (Å²) in [5.74, 6) is 0.0498. The van der Waals surface area contributed by atoms with E-state index in [4.69, 9.17) is 37.8 Å². The van der Waals surface area contributed by atoms with Gasteiger partial charge in [0.2, 0.25) is 10.0 Å². The number of hydrogen-bond acceptors (Lipinski definition) is 6. The minimum atomic E-state index is -3.95. The average Bonchev–Trinajstić information content (AvgIpc) is 2.75. The molecule has 0 saturated heterocycles. The highest BCUT2D eigenvalue weighted by Gasteiger charge is 2.19. The number of nitrogens with one attached hydrogen (secondary N) is 1. The van der Waals surface area contributed by atoms with E-state index < -0.39 is 15.9 Å². The van der Waals surface area contributed by atoms with Crippen molar-refractivity contribution in [2.45, 2.75) is 11.5 Å². The molecule has 0 aliphatic carbocycles. The van der Waals surface area contributed by atoms with Crippen molar-refractivity contribution < 1.29 is 27.8 Å². The molecule has 0 aliphatic heterocycles. The molecule has 11 heteroatoms. The Kier molecular flexibility index (Phi) is 7.27. The van der Waals surface area contributed by atoms with Gasteiger partial charge in [-0.1, -0.05) is 35.3 Å². The van der Waals surface area contributed by atoms with Crippen molar-refractivity contribution in [3.05, 3.63) is 75.8 Å². The topological polar surface area (TPSA) is 128 Å². The van der Waals surface area contributed by atoms with Crippen molar-refractivity contribution in [1.82, 2.24) is 0 Å². The molecule has 0 saturated carbocycles. The molecule has 0 heterocycles. The molecular formula is C21H18Cl2N2O6S. The zero-order valence-corrected chi connectivity index (χ0v) is 19.0. The Morgan fingerprint density at radius 3 is 2.41 bits per heavy atom. The van der Waals surface area contributed by atoms with Gasteiger partial charge in [0.15, 0.2) is 11.5 Å². The van der Waals surface area contributed by atoms with E-state index in [2.05, 4.69) is 5.32 Å². The first-order valence-corrected chi connectivity index (χ1v) is 11.3. The molecule has 0 spiro atoms. The van der Waals surface area contributed by atoms with Gasteiger partial charge in [0.05, 0.1) is 34.2 Å². The van der Waals surface area contributed by atoms with Crippen LogP contribution in [0.1, 0.15) is 15.9 Å². The summed E-state index contributed by atoms with van der Waals surface area (Å²) in [6.07, 6.45) is 0. The van der Waals surface area contributed by atoms with Gasteiger partial charge in [-0.25, -0.2) is 13.6 Å². The maximum absolute atomic E-state index is 13.0. The number of carbonyl (C=O) groups is 1. The highest BCUT2D eigenvalue weighted by Crippen LogP contribution is 2.37. The van der Waals surface area contributed by atoms with Gasteiger partial charge in [-0.05, 0) is 42.0 Å². The third-order valence-electron chi connectivity index (χ3n) is 4.32. The van der Waals surface area contributed by atoms with Crippen LogP contribution in [-0.2, 0) is 16.6 Å². The first kappa shape index (κ1) is 23.8. The molecule has 3 aromatic rings. The van der Waals surface area contributed by atoms with Crippen molar-refractivity contribution >= 4 is 44.8 Å². The Morgan fingerprint density at radius 2 is 1.75 bits per heavy atom. The lowest BCUT2D eigenvalue weighted by Crippen LogP contribution is -2.15. The van der Waals surface area contributed by atoms with Crippen LogP contribution >= 0.6 is 23.2 Å². The number of halogens is 2. The molecule has 32 heavy (non-hydrogen) atoms. The first-order valence-electron chi connectivity index (χ1n) is 9.01. The molecule has 0 bridgehead atoms. The third kappa shape index (κ3) is 5.50. The van der Waals surface area contributed by atoms with Crippen LogP contribution in [0.5, 0.6) is 17.2 Å². The van der Waals surface area contributed by atoms with Gasteiger partial charge in [-0.3, -0.25) is 4.79 Å². The highest BCUT2D eigenvalue weighted by atomic mass is 35.5. The van der Waals surface area contributed by atoms with Gasteiger partial charge in [0.1, 0.15) is 5.75 Å². The van der Waals surface area contributed by atoms with Crippen molar-refractivity contribution in [2.75, 3.05) is 12.4 Å². The van der Waals surface area contributed by atoms with E-state index in [1.165, 1.54) is 43.5 Å². The fraction of sp³-hybridized carbons (Fsp3) is 0.0952. The Morgan fingerprint density at radius 1 is 1.03 bits per heavy atom. The second-order valence-electron chi connectivity index (χ2n) is 6.53. The first-order chi connectivity index (χ1) is 15.1. The molecule has 3 aromatic carbocycles. The monoisotopic (exact) mass is 496 g/mol. The smallest absolute Gasteiger partial charge is 0.259 e. The van der Waals surface area contributed by atoms with Gasteiger partial charge >= 0.3 is 0 Å². The van der Waals surface area contributed by atoms with Crippen molar-refractivity contribution in [1.29, 1.82) is 0 Å². The standard InChI is InChI=1S/C21H18Cl2N2O6S/c1-30-20-7-12(11-26)5-6-18(20)31-19-10-17(23)16(22)9-15(19)21(27)25-13-3-2-4-14(8-13)32(24,28)29/h2-10,26H,11H2,1H3,(H,25,27)(H2,24,28,29). The summed E-state index contributed by atoms with van der Waals surface area (Å²) in [4.78, 5) is 12.8. The number of aliphatic hydroxyl groups excluding tert-OH is 1. The molecule has 3 rings (SSSR count). The van der Waals surface area contributed by atoms with Gasteiger partial charge < -0.3 is 19.9 Å². The van der Waals surface area contributed by atoms with E-state index in [1.807, 2.05) is 0 Å². The van der Waals surface area contributed by atoms with Crippen LogP contribution in [0.3, 0.4) is 0 Å². The third-order valence-corrected chi connectivity index (χ3v) is 5.95. The van der Waals surface area contributed by atoms with Gasteiger partial charge in [0, 0.05) is 11.8 Å². The lowest BCUT2D eigenvalue weighted by Gasteiger charge is -2.15. The largest absolute Gasteiger partial charge is 0.493 e. The number of aliphatic hydroxyl groups is 1. The molecule has 0 aromatic heterocycles. The number of methoxy groups -OCH3 is 1. The maximum atomic E-state index is 13.0. The van der Waals surface area contributed by atoms with Crippen molar-refractivity contribution in [3.63, 3.8) is 0 Å². The highest BCUT2D eigenvalue weighted by molar-refractivity contribution is 7.89. The predicted octanol–water partition coefficient (Wildman–Crippen LogP) is 4.19. The second kappa shape index (κ2) is 9.76. The summed E-state index contributed by atoms with van der Waals surface area (Å²) in [7, 11) is -2.51. The Balaban J connectivity index is 1.97. The number of anilines is 1. The lowest BCUT2D eigenvalue weighted by molar-refractivity contribution is 0.102. The van der Waals surface area contributed by atoms with Crippen LogP contribution in [0.25, 0.3) is 0 Å². The van der Waals surface area contributed by atoms with Crippen LogP contribution < -0.4 is 19.9 Å². The molecule has 8 nitrogen and oxygen atoms in total. The number of primary sulfonamides is 1. The van der Waals surface area contributed by atoms with E-state index in [0.29, 0.717) is 11.3 Å². The van der Waals surface area contributed by atoms with Crippen molar-refractivity contribution in [2.24, 2.45) is 5.14 Å². The molecule has 4 N–H and O–H groups in total. The Bertz CT molecular complexity index is 1280. The zero-order valence-electron chi connectivity index (χ0n) is 16.6. The minimum absolute atomic E-state index is 0.0358. The van der Waals surface area contributed by atoms with E-state index in [9.17, 15) is 18.3 Å². The van der Waals surface area contributed by atoms with Crippen molar-refractivity contribution in [3.8, 4) is 17.2 Å². The predicted molar refractivity (Wildman–Crippen MR) is 121 cm³/mol. The van der Waals surface area contributed by atoms with E-state index >= 15 is 0 Å². The quantitative estimate of drug-likeness (QED) is 0.449. The van der Waals surface area contributed by atoms with Gasteiger partial charge in [-0.2, -0.15) is 0 Å². The Labute approximate surface area is 194 Å². The molecule has 1 amide bonds. The number of carbonyl (C=O) groups excluding carboxylic acids is 1. The minimum Gasteiger partial charge on any atom is -0.493 e. The van der Waals surface area contributed by atoms with Gasteiger partial charge in [0.25, 0.3) is 5.91 Å². The fourth-order valence-electron chi connectivity index (χ4n) is 2.75. The van der Waals surface area contributed by atoms with Crippen LogP contribution in [0.4, 0.5) is 5.69 Å². The molecule has 0 aliphatic rings. The number of sulfonamides is 1. The van der Waals surface area contributed by atoms with Crippen LogP contribution in [0.2, 0.25) is 10.0 Å². The normalized spacial score (nSPS) is 11.2. The van der Waals surface area contributed by atoms with E-state index in [1.54, 1.807) is 18.2 Å². The van der Waals surface area contributed by atoms with Crippen LogP contribution in [-0.4, -0.2) is 26.5 Å². The lowest BCUT2D eigenvalue weighted by atomic mass is 10.1. The van der Waals surface area contributed by atoms with Crippen LogP contribution in [0.15, 0.2) is 59.5 Å². The second-order valence-corrected chi connectivity index (χ2v) is 8.91. The SMILES string of the molecule is COc1cc(CO)ccc1Oc1cc(Cl)c(Cl)cc1C(=O)Nc1cccc(S(N)(=O)=O)c1. The summed E-state index contributed by atoms with van der Waals surface area (Å²) < 4.78 is 34.3. The zero-order chi connectivity index (χ0) is 23.5. The summed E-state index contributed by atoms with van der Waals surface area (Å²) in [6, 6.07) is 13.0. The van der Waals surface area contributed by atoms with Gasteiger partial charge in [-0.15, -0.1) is 0 Å². The molecule has 0 atom stereocenters. The summed E-state index contributed by atoms with van der Waals surface area (Å²) >= 11 is 12.2. The molecule has 0 unspecified atom stereocenters. The van der Waals surface area contributed by atoms with Crippen LogP contribution in [0, 0.1) is 0 Å². The number of ether oxygens (including phenoxy) is 2.